The number of aliphatic hydroxyl groups is 1. The number of hydrogen-bond donors (Lipinski definition) is 2. The molecule has 0 radical (unpaired) electrons. The number of anilines is 1. The topological polar surface area (TPSA) is 60.8 Å². The lowest BCUT2D eigenvalue weighted by Gasteiger charge is -2.34. The Labute approximate surface area is 162 Å². The molecule has 0 bridgehead atoms. The van der Waals surface area contributed by atoms with Crippen LogP contribution in [0, 0.1) is 0 Å². The van der Waals surface area contributed by atoms with Gasteiger partial charge in [0.2, 0.25) is 0 Å². The van der Waals surface area contributed by atoms with Gasteiger partial charge in [0.1, 0.15) is 0 Å². The van der Waals surface area contributed by atoms with Crippen LogP contribution in [0.2, 0.25) is 0 Å². The molecule has 0 fully saturated rings. The number of carboxylic acid groups (broad SMARTS) is 1. The van der Waals surface area contributed by atoms with Gasteiger partial charge < -0.3 is 15.1 Å². The number of likely N-dealkylation sites (N-methyl/N-ethyl adjacent to an activating group) is 1. The molecule has 0 aromatic heterocycles. The molecule has 1 unspecified atom stereocenters. The van der Waals surface area contributed by atoms with Gasteiger partial charge in [-0.1, -0.05) is 42.5 Å². The zero-order chi connectivity index (χ0) is 22.0. The van der Waals surface area contributed by atoms with E-state index in [1.807, 2.05) is 0 Å². The Morgan fingerprint density at radius 2 is 1.41 bits per heavy atom. The summed E-state index contributed by atoms with van der Waals surface area (Å²) in [7, 11) is 0. The number of aliphatic carboxylic acids is 1. The molecule has 158 valence electrons. The van der Waals surface area contributed by atoms with Crippen molar-refractivity contribution in [1.82, 2.24) is 0 Å². The van der Waals surface area contributed by atoms with E-state index < -0.39 is 35.5 Å². The number of alkyl halides is 6. The second-order valence-corrected chi connectivity index (χ2v) is 6.19. The molecule has 4 nitrogen and oxygen atoms in total. The van der Waals surface area contributed by atoms with E-state index in [0.717, 1.165) is 12.1 Å². The molecule has 0 amide bonds. The van der Waals surface area contributed by atoms with E-state index in [0.29, 0.717) is 17.7 Å². The zero-order valence-electron chi connectivity index (χ0n) is 15.0. The molecule has 0 aliphatic rings. The van der Waals surface area contributed by atoms with Crippen molar-refractivity contribution in [2.45, 2.75) is 30.9 Å². The first kappa shape index (κ1) is 22.5. The standard InChI is InChI=1S/C19H17F6NO3/c1-2-26(15(16(27)28)12-6-4-3-5-7-12)14-10-8-13(9-11-14)17(29,18(20,21)22)19(23,24)25/h3-11,15,29H,2H2,1H3,(H,27,28). The van der Waals surface area contributed by atoms with Crippen molar-refractivity contribution in [2.24, 2.45) is 0 Å². The average molecular weight is 421 g/mol. The minimum Gasteiger partial charge on any atom is -0.479 e. The van der Waals surface area contributed by atoms with Crippen molar-refractivity contribution in [1.29, 1.82) is 0 Å². The summed E-state index contributed by atoms with van der Waals surface area (Å²) in [6.45, 7) is 1.70. The number of rotatable bonds is 6. The lowest BCUT2D eigenvalue weighted by molar-refractivity contribution is -0.376. The largest absolute Gasteiger partial charge is 0.479 e. The van der Waals surface area contributed by atoms with Crippen molar-refractivity contribution in [3.8, 4) is 0 Å². The fourth-order valence-corrected chi connectivity index (χ4v) is 2.99. The van der Waals surface area contributed by atoms with Crippen LogP contribution < -0.4 is 4.90 Å². The highest BCUT2D eigenvalue weighted by Crippen LogP contribution is 2.50. The van der Waals surface area contributed by atoms with Gasteiger partial charge in [0.05, 0.1) is 0 Å². The van der Waals surface area contributed by atoms with Crippen LogP contribution in [-0.2, 0) is 10.4 Å². The molecule has 1 atom stereocenters. The molecule has 0 spiro atoms. The van der Waals surface area contributed by atoms with E-state index in [-0.39, 0.29) is 12.2 Å². The van der Waals surface area contributed by atoms with E-state index >= 15 is 0 Å². The highest BCUT2D eigenvalue weighted by atomic mass is 19.4. The van der Waals surface area contributed by atoms with Crippen molar-refractivity contribution in [2.75, 3.05) is 11.4 Å². The summed E-state index contributed by atoms with van der Waals surface area (Å²) >= 11 is 0. The minimum absolute atomic E-state index is 0.0826. The predicted octanol–water partition coefficient (Wildman–Crippen LogP) is 4.65. The summed E-state index contributed by atoms with van der Waals surface area (Å²) in [6, 6.07) is 9.57. The molecule has 0 saturated heterocycles. The Morgan fingerprint density at radius 1 is 0.931 bits per heavy atom. The maximum Gasteiger partial charge on any atom is 0.430 e. The Balaban J connectivity index is 2.50. The van der Waals surface area contributed by atoms with Crippen molar-refractivity contribution in [3.63, 3.8) is 0 Å². The molecule has 10 heteroatoms. The van der Waals surface area contributed by atoms with Gasteiger partial charge >= 0.3 is 18.3 Å². The molecule has 0 heterocycles. The highest BCUT2D eigenvalue weighted by molar-refractivity contribution is 5.80. The van der Waals surface area contributed by atoms with Gasteiger partial charge in [-0.05, 0) is 24.6 Å². The SMILES string of the molecule is CCN(c1ccc(C(O)(C(F)(F)F)C(F)(F)F)cc1)C(C(=O)O)c1ccccc1. The summed E-state index contributed by atoms with van der Waals surface area (Å²) < 4.78 is 78.1. The van der Waals surface area contributed by atoms with Crippen LogP contribution in [0.5, 0.6) is 0 Å². The number of carbonyl (C=O) groups is 1. The molecule has 2 rings (SSSR count). The number of carboxylic acids is 1. The number of hydrogen-bond acceptors (Lipinski definition) is 3. The normalized spacial score (nSPS) is 13.8. The minimum atomic E-state index is -6.00. The maximum absolute atomic E-state index is 13.0. The summed E-state index contributed by atoms with van der Waals surface area (Å²) in [6.07, 6.45) is -12.0. The van der Waals surface area contributed by atoms with Crippen LogP contribution in [0.15, 0.2) is 54.6 Å². The third-order valence-electron chi connectivity index (χ3n) is 4.44. The summed E-state index contributed by atoms with van der Waals surface area (Å²) in [5.41, 5.74) is -5.99. The summed E-state index contributed by atoms with van der Waals surface area (Å²) in [5.74, 6) is -1.25. The number of halogens is 6. The van der Waals surface area contributed by atoms with Crippen LogP contribution in [0.4, 0.5) is 32.0 Å². The Morgan fingerprint density at radius 3 is 1.79 bits per heavy atom. The lowest BCUT2D eigenvalue weighted by atomic mass is 9.92. The van der Waals surface area contributed by atoms with Crippen LogP contribution in [0.25, 0.3) is 0 Å². The van der Waals surface area contributed by atoms with E-state index in [4.69, 9.17) is 0 Å². The number of nitrogens with zero attached hydrogens (tertiary/aromatic N) is 1. The molecule has 2 aromatic carbocycles. The maximum atomic E-state index is 13.0. The van der Waals surface area contributed by atoms with Gasteiger partial charge in [-0.2, -0.15) is 26.3 Å². The fraction of sp³-hybridized carbons (Fsp3) is 0.316. The number of benzene rings is 2. The molecule has 0 saturated carbocycles. The molecular weight excluding hydrogens is 404 g/mol. The molecule has 2 aromatic rings. The molecule has 29 heavy (non-hydrogen) atoms. The van der Waals surface area contributed by atoms with E-state index in [1.54, 1.807) is 37.3 Å². The van der Waals surface area contributed by atoms with Gasteiger partial charge in [0.15, 0.2) is 6.04 Å². The van der Waals surface area contributed by atoms with Crippen molar-refractivity contribution >= 4 is 11.7 Å². The van der Waals surface area contributed by atoms with E-state index in [9.17, 15) is 41.4 Å². The first-order chi connectivity index (χ1) is 13.3. The summed E-state index contributed by atoms with van der Waals surface area (Å²) in [5, 5.41) is 19.1. The third kappa shape index (κ3) is 4.16. The molecule has 0 aliphatic heterocycles. The van der Waals surface area contributed by atoms with E-state index in [2.05, 4.69) is 0 Å². The predicted molar refractivity (Wildman–Crippen MR) is 92.3 cm³/mol. The average Bonchev–Trinajstić information content (AvgIpc) is 2.64. The second-order valence-electron chi connectivity index (χ2n) is 6.19. The van der Waals surface area contributed by atoms with Gasteiger partial charge in [-0.25, -0.2) is 4.79 Å². The third-order valence-corrected chi connectivity index (χ3v) is 4.44. The van der Waals surface area contributed by atoms with Crippen LogP contribution >= 0.6 is 0 Å². The lowest BCUT2D eigenvalue weighted by Crippen LogP contribution is -2.53. The van der Waals surface area contributed by atoms with Crippen LogP contribution in [0.3, 0.4) is 0 Å². The Bertz CT molecular complexity index is 820. The zero-order valence-corrected chi connectivity index (χ0v) is 15.0. The van der Waals surface area contributed by atoms with Gasteiger partial charge in [0.25, 0.3) is 5.60 Å². The monoisotopic (exact) mass is 421 g/mol. The first-order valence-corrected chi connectivity index (χ1v) is 8.35. The first-order valence-electron chi connectivity index (χ1n) is 8.35. The van der Waals surface area contributed by atoms with Crippen LogP contribution in [0.1, 0.15) is 24.1 Å². The van der Waals surface area contributed by atoms with Gasteiger partial charge in [-0.15, -0.1) is 0 Å². The smallest absolute Gasteiger partial charge is 0.430 e. The quantitative estimate of drug-likeness (QED) is 0.667. The Kier molecular flexibility index (Phi) is 6.17. The van der Waals surface area contributed by atoms with Crippen LogP contribution in [-0.4, -0.2) is 35.1 Å². The Hall–Kier alpha value is -2.75. The van der Waals surface area contributed by atoms with Gasteiger partial charge in [-0.3, -0.25) is 0 Å². The molecule has 0 aliphatic carbocycles. The highest BCUT2D eigenvalue weighted by Gasteiger charge is 2.71. The summed E-state index contributed by atoms with van der Waals surface area (Å²) in [4.78, 5) is 13.1. The fourth-order valence-electron chi connectivity index (χ4n) is 2.99. The van der Waals surface area contributed by atoms with Crippen molar-refractivity contribution in [3.05, 3.63) is 65.7 Å². The molecular formula is C19H17F6NO3. The molecule has 2 N–H and O–H groups in total. The van der Waals surface area contributed by atoms with Crippen molar-refractivity contribution < 1.29 is 41.4 Å². The van der Waals surface area contributed by atoms with E-state index in [1.165, 1.54) is 4.90 Å². The van der Waals surface area contributed by atoms with Gasteiger partial charge in [0, 0.05) is 17.8 Å². The second kappa shape index (κ2) is 7.94.